The van der Waals surface area contributed by atoms with Crippen molar-refractivity contribution < 1.29 is 22.6 Å². The maximum atomic E-state index is 13.1. The molecule has 1 aliphatic carbocycles. The van der Waals surface area contributed by atoms with Crippen LogP contribution in [0.4, 0.5) is 13.2 Å². The van der Waals surface area contributed by atoms with Crippen molar-refractivity contribution in [2.75, 3.05) is 19.8 Å². The van der Waals surface area contributed by atoms with Crippen molar-refractivity contribution in [2.24, 2.45) is 27.3 Å². The maximum Gasteiger partial charge on any atom is 0.393 e. The Morgan fingerprint density at radius 1 is 1.33 bits per heavy atom. The molecule has 1 aliphatic heterocycles. The number of nitrogens with two attached hydrogens (primary N) is 1. The second kappa shape index (κ2) is 9.14. The number of rotatable bonds is 5. The molecule has 6 nitrogen and oxygen atoms in total. The van der Waals surface area contributed by atoms with E-state index in [4.69, 9.17) is 15.3 Å². The summed E-state index contributed by atoms with van der Waals surface area (Å²) in [6.07, 6.45) is -1.31. The smallest absolute Gasteiger partial charge is 0.350 e. The van der Waals surface area contributed by atoms with E-state index >= 15 is 0 Å². The molecule has 0 atom stereocenters. The van der Waals surface area contributed by atoms with E-state index in [0.717, 1.165) is 12.8 Å². The van der Waals surface area contributed by atoms with Crippen LogP contribution in [0.15, 0.2) is 22.4 Å². The third-order valence-electron chi connectivity index (χ3n) is 4.53. The lowest BCUT2D eigenvalue weighted by Gasteiger charge is -2.33. The van der Waals surface area contributed by atoms with Gasteiger partial charge >= 0.3 is 6.18 Å². The molecule has 3 rings (SSSR count). The number of pyridine rings is 1. The Kier molecular flexibility index (Phi) is 6.78. The van der Waals surface area contributed by atoms with Crippen LogP contribution in [0.25, 0.3) is 0 Å². The SMILES string of the molecule is CC1(C)COC(CN=C/C(=N\N)c2ncc(C#CC3CC3)cc2CC(F)(F)F)OC1. The zero-order valence-electron chi connectivity index (χ0n) is 17.0. The molecule has 1 saturated heterocycles. The minimum Gasteiger partial charge on any atom is -0.350 e. The van der Waals surface area contributed by atoms with Gasteiger partial charge in [0.1, 0.15) is 5.71 Å². The van der Waals surface area contributed by atoms with Gasteiger partial charge in [0.15, 0.2) is 6.29 Å². The lowest BCUT2D eigenvalue weighted by Crippen LogP contribution is -2.39. The predicted molar refractivity (Wildman–Crippen MR) is 107 cm³/mol. The second-order valence-electron chi connectivity index (χ2n) is 8.29. The quantitative estimate of drug-likeness (QED) is 0.342. The van der Waals surface area contributed by atoms with Crippen molar-refractivity contribution in [3.05, 3.63) is 29.1 Å². The summed E-state index contributed by atoms with van der Waals surface area (Å²) >= 11 is 0. The van der Waals surface area contributed by atoms with Gasteiger partial charge in [-0.15, -0.1) is 0 Å². The molecule has 0 aromatic carbocycles. The van der Waals surface area contributed by atoms with Crippen LogP contribution >= 0.6 is 0 Å². The van der Waals surface area contributed by atoms with E-state index in [-0.39, 0.29) is 28.9 Å². The van der Waals surface area contributed by atoms with Gasteiger partial charge in [0.2, 0.25) is 0 Å². The minimum atomic E-state index is -4.41. The average molecular weight is 422 g/mol. The Bertz CT molecular complexity index is 870. The van der Waals surface area contributed by atoms with Crippen molar-refractivity contribution in [1.29, 1.82) is 0 Å². The molecule has 2 aliphatic rings. The summed E-state index contributed by atoms with van der Waals surface area (Å²) in [5, 5.41) is 3.59. The van der Waals surface area contributed by atoms with E-state index < -0.39 is 18.9 Å². The molecule has 9 heteroatoms. The summed E-state index contributed by atoms with van der Waals surface area (Å²) in [5.74, 6) is 11.7. The molecule has 0 unspecified atom stereocenters. The van der Waals surface area contributed by atoms with E-state index in [9.17, 15) is 13.2 Å². The summed E-state index contributed by atoms with van der Waals surface area (Å²) in [4.78, 5) is 8.33. The zero-order chi connectivity index (χ0) is 21.8. The third-order valence-corrected chi connectivity index (χ3v) is 4.53. The lowest BCUT2D eigenvalue weighted by atomic mass is 9.96. The fraction of sp³-hybridized carbons (Fsp3) is 0.571. The molecule has 0 bridgehead atoms. The van der Waals surface area contributed by atoms with Gasteiger partial charge in [-0.1, -0.05) is 25.7 Å². The van der Waals surface area contributed by atoms with Crippen LogP contribution in [0.1, 0.15) is 43.5 Å². The number of aromatic nitrogens is 1. The van der Waals surface area contributed by atoms with Gasteiger partial charge < -0.3 is 15.3 Å². The van der Waals surface area contributed by atoms with Crippen molar-refractivity contribution in [1.82, 2.24) is 4.98 Å². The monoisotopic (exact) mass is 422 g/mol. The normalized spacial score (nSPS) is 20.2. The number of alkyl halides is 3. The van der Waals surface area contributed by atoms with Gasteiger partial charge in [-0.05, 0) is 24.5 Å². The first-order valence-electron chi connectivity index (χ1n) is 9.74. The Morgan fingerprint density at radius 2 is 2.03 bits per heavy atom. The number of hydrazone groups is 1. The van der Waals surface area contributed by atoms with E-state index in [1.165, 1.54) is 18.5 Å². The zero-order valence-corrected chi connectivity index (χ0v) is 17.0. The van der Waals surface area contributed by atoms with Gasteiger partial charge in [-0.3, -0.25) is 9.98 Å². The van der Waals surface area contributed by atoms with Gasteiger partial charge in [-0.2, -0.15) is 18.3 Å². The van der Waals surface area contributed by atoms with E-state index in [1.54, 1.807) is 0 Å². The average Bonchev–Trinajstić information content (AvgIpc) is 3.49. The van der Waals surface area contributed by atoms with Crippen LogP contribution in [-0.4, -0.2) is 49.1 Å². The molecule has 2 heterocycles. The van der Waals surface area contributed by atoms with Gasteiger partial charge in [-0.25, -0.2) is 0 Å². The number of hydrogen-bond acceptors (Lipinski definition) is 6. The third kappa shape index (κ3) is 6.82. The van der Waals surface area contributed by atoms with E-state index in [1.807, 2.05) is 13.8 Å². The molecular weight excluding hydrogens is 397 g/mol. The molecular formula is C21H25F3N4O2. The summed E-state index contributed by atoms with van der Waals surface area (Å²) in [6.45, 7) is 5.29. The highest BCUT2D eigenvalue weighted by Gasteiger charge is 2.30. The summed E-state index contributed by atoms with van der Waals surface area (Å²) in [7, 11) is 0. The molecule has 30 heavy (non-hydrogen) atoms. The minimum absolute atomic E-state index is 0.0298. The van der Waals surface area contributed by atoms with Crippen LogP contribution in [0, 0.1) is 23.2 Å². The lowest BCUT2D eigenvalue weighted by molar-refractivity contribution is -0.215. The van der Waals surface area contributed by atoms with Gasteiger partial charge in [0.05, 0.1) is 38.1 Å². The molecule has 0 radical (unpaired) electrons. The van der Waals surface area contributed by atoms with Crippen molar-refractivity contribution in [3.63, 3.8) is 0 Å². The molecule has 0 spiro atoms. The van der Waals surface area contributed by atoms with Crippen LogP contribution < -0.4 is 5.84 Å². The summed E-state index contributed by atoms with van der Waals surface area (Å²) in [5.41, 5.74) is 0.400. The number of hydrogen-bond donors (Lipinski definition) is 1. The Hall–Kier alpha value is -2.44. The van der Waals surface area contributed by atoms with Crippen LogP contribution in [0.2, 0.25) is 0 Å². The molecule has 1 aromatic rings. The largest absolute Gasteiger partial charge is 0.393 e. The number of aliphatic imine (C=N–C) groups is 1. The first kappa shape index (κ1) is 22.2. The molecule has 1 saturated carbocycles. The van der Waals surface area contributed by atoms with Crippen LogP contribution in [-0.2, 0) is 15.9 Å². The van der Waals surface area contributed by atoms with Crippen molar-refractivity contribution in [3.8, 4) is 11.8 Å². The van der Waals surface area contributed by atoms with Crippen LogP contribution in [0.5, 0.6) is 0 Å². The molecule has 0 amide bonds. The molecule has 2 fully saturated rings. The Labute approximate surface area is 173 Å². The van der Waals surface area contributed by atoms with Gasteiger partial charge in [0.25, 0.3) is 0 Å². The maximum absolute atomic E-state index is 13.1. The second-order valence-corrected chi connectivity index (χ2v) is 8.29. The highest BCUT2D eigenvalue weighted by Crippen LogP contribution is 2.28. The van der Waals surface area contributed by atoms with E-state index in [2.05, 4.69) is 26.9 Å². The van der Waals surface area contributed by atoms with Crippen molar-refractivity contribution >= 4 is 11.9 Å². The molecule has 2 N–H and O–H groups in total. The number of halogens is 3. The fourth-order valence-electron chi connectivity index (χ4n) is 2.79. The predicted octanol–water partition coefficient (Wildman–Crippen LogP) is 3.08. The first-order valence-corrected chi connectivity index (χ1v) is 9.74. The highest BCUT2D eigenvalue weighted by atomic mass is 19.4. The van der Waals surface area contributed by atoms with Crippen molar-refractivity contribution in [2.45, 2.75) is 45.6 Å². The highest BCUT2D eigenvalue weighted by molar-refractivity contribution is 6.37. The van der Waals surface area contributed by atoms with Crippen LogP contribution in [0.3, 0.4) is 0 Å². The Morgan fingerprint density at radius 3 is 2.63 bits per heavy atom. The summed E-state index contributed by atoms with van der Waals surface area (Å²) < 4.78 is 50.5. The fourth-order valence-corrected chi connectivity index (χ4v) is 2.79. The first-order chi connectivity index (χ1) is 14.1. The van der Waals surface area contributed by atoms with E-state index in [0.29, 0.717) is 24.7 Å². The topological polar surface area (TPSA) is 82.1 Å². The summed E-state index contributed by atoms with van der Waals surface area (Å²) in [6, 6.07) is 1.39. The number of nitrogens with zero attached hydrogens (tertiary/aromatic N) is 3. The standard InChI is InChI=1S/C21H25F3N4O2/c1-20(2)12-29-18(30-13-20)11-26-10-17(28-25)19-16(8-21(22,23)24)7-15(9-27-19)6-5-14-3-4-14/h7,9-10,14,18H,3-4,8,11-13,25H2,1-2H3/b26-10?,28-17+. The number of ether oxygens (including phenoxy) is 2. The molecule has 1 aromatic heterocycles. The Balaban J connectivity index is 1.74. The van der Waals surface area contributed by atoms with Gasteiger partial charge in [0, 0.05) is 23.1 Å². The molecule has 162 valence electrons.